The molecular formula is C21H15BBrFN4O. The van der Waals surface area contributed by atoms with Gasteiger partial charge >= 0.3 is 0 Å². The van der Waals surface area contributed by atoms with Crippen LogP contribution in [0.3, 0.4) is 0 Å². The van der Waals surface area contributed by atoms with Gasteiger partial charge in [0, 0.05) is 21.6 Å². The van der Waals surface area contributed by atoms with Gasteiger partial charge in [-0.1, -0.05) is 33.5 Å². The van der Waals surface area contributed by atoms with Crippen LogP contribution in [0.4, 0.5) is 15.9 Å². The van der Waals surface area contributed by atoms with Crippen LogP contribution < -0.4 is 15.5 Å². The summed E-state index contributed by atoms with van der Waals surface area (Å²) in [4.78, 5) is 12.9. The SMILES string of the molecule is [B]c1cc2c(Nc3ccc(Br)cc3F)ncnc2cc1OCc1cccc(C)n1. The number of aryl methyl sites for hydroxylation is 1. The van der Waals surface area contributed by atoms with Crippen LogP contribution in [0.1, 0.15) is 11.4 Å². The molecular weight excluding hydrogens is 434 g/mol. The van der Waals surface area contributed by atoms with Crippen molar-refractivity contribution < 1.29 is 9.13 Å². The van der Waals surface area contributed by atoms with E-state index < -0.39 is 5.82 Å². The number of fused-ring (bicyclic) bond motifs is 1. The molecule has 2 aromatic heterocycles. The molecule has 0 saturated heterocycles. The Morgan fingerprint density at radius 2 is 2.00 bits per heavy atom. The highest BCUT2D eigenvalue weighted by molar-refractivity contribution is 9.10. The van der Waals surface area contributed by atoms with Crippen molar-refractivity contribution in [3.63, 3.8) is 0 Å². The van der Waals surface area contributed by atoms with Crippen LogP contribution in [0.2, 0.25) is 0 Å². The van der Waals surface area contributed by atoms with Gasteiger partial charge < -0.3 is 10.1 Å². The zero-order chi connectivity index (χ0) is 20.4. The second kappa shape index (κ2) is 8.17. The van der Waals surface area contributed by atoms with Crippen LogP contribution in [0.15, 0.2) is 59.3 Å². The van der Waals surface area contributed by atoms with E-state index in [2.05, 4.69) is 36.2 Å². The van der Waals surface area contributed by atoms with Crippen molar-refractivity contribution in [2.45, 2.75) is 13.5 Å². The fourth-order valence-corrected chi connectivity index (χ4v) is 3.21. The van der Waals surface area contributed by atoms with Crippen molar-refractivity contribution in [1.82, 2.24) is 15.0 Å². The van der Waals surface area contributed by atoms with Gasteiger partial charge in [0.2, 0.25) is 0 Å². The Balaban J connectivity index is 1.63. The average Bonchev–Trinajstić information content (AvgIpc) is 2.69. The van der Waals surface area contributed by atoms with E-state index in [0.717, 1.165) is 11.4 Å². The standard InChI is InChI=1S/C21H15BBrFN4O/c1-12-3-2-4-14(27-12)10-29-20-9-19-15(8-16(20)22)21(26-11-25-19)28-18-6-5-13(23)7-17(18)24/h2-9,11H,10H2,1H3,(H,25,26,28). The van der Waals surface area contributed by atoms with Gasteiger partial charge in [0.1, 0.15) is 38.2 Å². The molecule has 0 aliphatic carbocycles. The number of aromatic nitrogens is 3. The number of ether oxygens (including phenoxy) is 1. The number of pyridine rings is 1. The van der Waals surface area contributed by atoms with E-state index in [9.17, 15) is 4.39 Å². The summed E-state index contributed by atoms with van der Waals surface area (Å²) in [6.07, 6.45) is 1.41. The Morgan fingerprint density at radius 3 is 2.79 bits per heavy atom. The minimum atomic E-state index is -0.398. The molecule has 0 saturated carbocycles. The van der Waals surface area contributed by atoms with E-state index in [0.29, 0.717) is 38.1 Å². The molecule has 0 aliphatic heterocycles. The van der Waals surface area contributed by atoms with Gasteiger partial charge in [0.05, 0.1) is 16.9 Å². The first-order chi connectivity index (χ1) is 14.0. The lowest BCUT2D eigenvalue weighted by Gasteiger charge is -2.13. The summed E-state index contributed by atoms with van der Waals surface area (Å²) in [5.41, 5.74) is 3.08. The third-order valence-electron chi connectivity index (χ3n) is 4.27. The molecule has 5 nitrogen and oxygen atoms in total. The molecule has 2 heterocycles. The van der Waals surface area contributed by atoms with Crippen molar-refractivity contribution in [2.24, 2.45) is 0 Å². The fraction of sp³-hybridized carbons (Fsp3) is 0.0952. The lowest BCUT2D eigenvalue weighted by atomic mass is 9.93. The quantitative estimate of drug-likeness (QED) is 0.460. The van der Waals surface area contributed by atoms with Gasteiger partial charge in [-0.3, -0.25) is 4.98 Å². The van der Waals surface area contributed by atoms with E-state index in [4.69, 9.17) is 12.6 Å². The molecule has 2 aromatic carbocycles. The van der Waals surface area contributed by atoms with Crippen molar-refractivity contribution >= 4 is 51.6 Å². The average molecular weight is 449 g/mol. The van der Waals surface area contributed by atoms with Crippen LogP contribution in [-0.4, -0.2) is 22.8 Å². The number of anilines is 2. The van der Waals surface area contributed by atoms with Crippen molar-refractivity contribution in [1.29, 1.82) is 0 Å². The second-order valence-electron chi connectivity index (χ2n) is 6.44. The summed E-state index contributed by atoms with van der Waals surface area (Å²) in [5, 5.41) is 3.66. The summed E-state index contributed by atoms with van der Waals surface area (Å²) >= 11 is 3.25. The number of benzene rings is 2. The minimum Gasteiger partial charge on any atom is -0.488 e. The summed E-state index contributed by atoms with van der Waals surface area (Å²) < 4.78 is 20.7. The third-order valence-corrected chi connectivity index (χ3v) is 4.77. The van der Waals surface area contributed by atoms with E-state index >= 15 is 0 Å². The Bertz CT molecular complexity index is 1200. The molecule has 4 aromatic rings. The molecule has 1 N–H and O–H groups in total. The zero-order valence-electron chi connectivity index (χ0n) is 15.5. The Morgan fingerprint density at radius 1 is 1.14 bits per heavy atom. The first-order valence-electron chi connectivity index (χ1n) is 8.81. The van der Waals surface area contributed by atoms with Gasteiger partial charge in [-0.25, -0.2) is 14.4 Å². The highest BCUT2D eigenvalue weighted by Gasteiger charge is 2.11. The lowest BCUT2D eigenvalue weighted by Crippen LogP contribution is -2.11. The number of hydrogen-bond acceptors (Lipinski definition) is 5. The van der Waals surface area contributed by atoms with E-state index in [1.165, 1.54) is 12.4 Å². The molecule has 0 amide bonds. The Labute approximate surface area is 176 Å². The van der Waals surface area contributed by atoms with E-state index in [1.807, 2.05) is 25.1 Å². The number of halogens is 2. The summed E-state index contributed by atoms with van der Waals surface area (Å²) in [6, 6.07) is 14.0. The van der Waals surface area contributed by atoms with Crippen molar-refractivity contribution in [3.05, 3.63) is 76.5 Å². The van der Waals surface area contributed by atoms with E-state index in [-0.39, 0.29) is 6.61 Å². The van der Waals surface area contributed by atoms with Crippen LogP contribution in [0.25, 0.3) is 10.9 Å². The molecule has 0 aliphatic rings. The largest absolute Gasteiger partial charge is 0.488 e. The highest BCUT2D eigenvalue weighted by Crippen LogP contribution is 2.27. The maximum atomic E-state index is 14.2. The topological polar surface area (TPSA) is 59.9 Å². The van der Waals surface area contributed by atoms with Gasteiger partial charge in [0.15, 0.2) is 0 Å². The normalized spacial score (nSPS) is 10.9. The number of nitrogens with one attached hydrogen (secondary N) is 1. The molecule has 4 rings (SSSR count). The fourth-order valence-electron chi connectivity index (χ4n) is 2.88. The molecule has 2 radical (unpaired) electrons. The molecule has 0 spiro atoms. The Kier molecular flexibility index (Phi) is 5.44. The molecule has 8 heteroatoms. The van der Waals surface area contributed by atoms with Crippen LogP contribution in [-0.2, 0) is 6.61 Å². The summed E-state index contributed by atoms with van der Waals surface area (Å²) in [5.74, 6) is 0.555. The maximum Gasteiger partial charge on any atom is 0.147 e. The van der Waals surface area contributed by atoms with E-state index in [1.54, 1.807) is 24.3 Å². The van der Waals surface area contributed by atoms with Crippen molar-refractivity contribution in [3.8, 4) is 5.75 Å². The minimum absolute atomic E-state index is 0.289. The third kappa shape index (κ3) is 4.37. The molecule has 0 unspecified atom stereocenters. The molecule has 142 valence electrons. The smallest absolute Gasteiger partial charge is 0.147 e. The monoisotopic (exact) mass is 448 g/mol. The molecule has 0 fully saturated rings. The first-order valence-corrected chi connectivity index (χ1v) is 9.60. The predicted octanol–water partition coefficient (Wildman–Crippen LogP) is 4.35. The number of hydrogen-bond donors (Lipinski definition) is 1. The molecule has 0 bridgehead atoms. The second-order valence-corrected chi connectivity index (χ2v) is 7.35. The van der Waals surface area contributed by atoms with Gasteiger partial charge in [0.25, 0.3) is 0 Å². The maximum absolute atomic E-state index is 14.2. The first kappa shape index (κ1) is 19.3. The number of rotatable bonds is 5. The summed E-state index contributed by atoms with van der Waals surface area (Å²) in [6.45, 7) is 2.21. The van der Waals surface area contributed by atoms with Crippen LogP contribution in [0, 0.1) is 12.7 Å². The van der Waals surface area contributed by atoms with Crippen LogP contribution in [0.5, 0.6) is 5.75 Å². The Hall–Kier alpha value is -3.00. The lowest BCUT2D eigenvalue weighted by molar-refractivity contribution is 0.304. The van der Waals surface area contributed by atoms with Gasteiger partial charge in [-0.2, -0.15) is 0 Å². The number of nitrogens with zero attached hydrogens (tertiary/aromatic N) is 3. The van der Waals surface area contributed by atoms with Gasteiger partial charge in [-0.05, 0) is 37.3 Å². The molecule has 0 atom stereocenters. The van der Waals surface area contributed by atoms with Gasteiger partial charge in [-0.15, -0.1) is 0 Å². The zero-order valence-corrected chi connectivity index (χ0v) is 17.1. The van der Waals surface area contributed by atoms with Crippen molar-refractivity contribution in [2.75, 3.05) is 5.32 Å². The predicted molar refractivity (Wildman–Crippen MR) is 116 cm³/mol. The van der Waals surface area contributed by atoms with Crippen LogP contribution >= 0.6 is 15.9 Å². The summed E-state index contributed by atoms with van der Waals surface area (Å²) in [7, 11) is 6.18. The highest BCUT2D eigenvalue weighted by atomic mass is 79.9. The molecule has 29 heavy (non-hydrogen) atoms.